The molecule has 0 saturated carbocycles. The van der Waals surface area contributed by atoms with Crippen LogP contribution in [-0.2, 0) is 16.1 Å². The normalized spacial score (nSPS) is 10.6. The number of methoxy groups -OCH3 is 1. The molecule has 5 nitrogen and oxygen atoms in total. The third kappa shape index (κ3) is 4.98. The van der Waals surface area contributed by atoms with Crippen LogP contribution in [0.1, 0.15) is 31.2 Å². The Bertz CT molecular complexity index is 726. The Morgan fingerprint density at radius 1 is 1.04 bits per heavy atom. The molecule has 1 N–H and O–H groups in total. The number of unbranched alkanes of at least 4 members (excludes halogenated alkanes) is 1. The van der Waals surface area contributed by atoms with E-state index in [-0.39, 0.29) is 12.3 Å². The van der Waals surface area contributed by atoms with Crippen molar-refractivity contribution >= 4 is 22.6 Å². The standard InChI is InChI=1S/C19H23NO4/c1-20(18(21)5-3-4-6-19(22)23)13-14-7-8-16-12-17(24-2)10-9-15(16)11-14/h7-12H,3-6,13H2,1-2H3,(H,22,23). The Labute approximate surface area is 141 Å². The van der Waals surface area contributed by atoms with E-state index in [1.165, 1.54) is 0 Å². The summed E-state index contributed by atoms with van der Waals surface area (Å²) in [6, 6.07) is 12.0. The van der Waals surface area contributed by atoms with Crippen LogP contribution < -0.4 is 4.74 Å². The van der Waals surface area contributed by atoms with E-state index in [1.807, 2.05) is 30.3 Å². The smallest absolute Gasteiger partial charge is 0.303 e. The fourth-order valence-corrected chi connectivity index (χ4v) is 2.60. The molecule has 0 aromatic heterocycles. The molecule has 0 spiro atoms. The number of amides is 1. The first-order valence-electron chi connectivity index (χ1n) is 8.02. The summed E-state index contributed by atoms with van der Waals surface area (Å²) in [5, 5.41) is 10.8. The Morgan fingerprint density at radius 3 is 2.42 bits per heavy atom. The summed E-state index contributed by atoms with van der Waals surface area (Å²) in [6.07, 6.45) is 1.64. The molecule has 128 valence electrons. The number of carbonyl (C=O) groups is 2. The third-order valence-corrected chi connectivity index (χ3v) is 3.99. The van der Waals surface area contributed by atoms with E-state index in [9.17, 15) is 9.59 Å². The van der Waals surface area contributed by atoms with E-state index in [4.69, 9.17) is 9.84 Å². The molecular weight excluding hydrogens is 306 g/mol. The van der Waals surface area contributed by atoms with E-state index in [0.717, 1.165) is 22.1 Å². The van der Waals surface area contributed by atoms with Gasteiger partial charge < -0.3 is 14.7 Å². The predicted octanol–water partition coefficient (Wildman–Crippen LogP) is 3.45. The lowest BCUT2D eigenvalue weighted by atomic mass is 10.1. The largest absolute Gasteiger partial charge is 0.497 e. The number of nitrogens with zero attached hydrogens (tertiary/aromatic N) is 1. The number of carboxylic acid groups (broad SMARTS) is 1. The average molecular weight is 329 g/mol. The number of hydrogen-bond donors (Lipinski definition) is 1. The van der Waals surface area contributed by atoms with Crippen LogP contribution in [0.25, 0.3) is 10.8 Å². The number of fused-ring (bicyclic) bond motifs is 1. The molecule has 5 heteroatoms. The molecule has 0 bridgehead atoms. The highest BCUT2D eigenvalue weighted by molar-refractivity contribution is 5.84. The van der Waals surface area contributed by atoms with Gasteiger partial charge in [0, 0.05) is 26.4 Å². The van der Waals surface area contributed by atoms with Crippen LogP contribution in [-0.4, -0.2) is 36.0 Å². The van der Waals surface area contributed by atoms with E-state index < -0.39 is 5.97 Å². The van der Waals surface area contributed by atoms with Gasteiger partial charge in [-0.3, -0.25) is 9.59 Å². The molecule has 0 aliphatic carbocycles. The lowest BCUT2D eigenvalue weighted by molar-refractivity contribution is -0.137. The number of rotatable bonds is 8. The van der Waals surface area contributed by atoms with Crippen LogP contribution in [0.15, 0.2) is 36.4 Å². The van der Waals surface area contributed by atoms with Gasteiger partial charge in [-0.25, -0.2) is 0 Å². The second-order valence-electron chi connectivity index (χ2n) is 5.90. The van der Waals surface area contributed by atoms with Crippen molar-refractivity contribution in [2.75, 3.05) is 14.2 Å². The lowest BCUT2D eigenvalue weighted by Crippen LogP contribution is -2.25. The third-order valence-electron chi connectivity index (χ3n) is 3.99. The molecule has 2 aromatic carbocycles. The van der Waals surface area contributed by atoms with E-state index >= 15 is 0 Å². The minimum atomic E-state index is -0.816. The summed E-state index contributed by atoms with van der Waals surface area (Å²) in [6.45, 7) is 0.541. The minimum absolute atomic E-state index is 0.0372. The fourth-order valence-electron chi connectivity index (χ4n) is 2.60. The Kier molecular flexibility index (Phi) is 6.18. The van der Waals surface area contributed by atoms with Crippen LogP contribution in [0.5, 0.6) is 5.75 Å². The number of carbonyl (C=O) groups excluding carboxylic acids is 1. The van der Waals surface area contributed by atoms with Crippen molar-refractivity contribution in [2.24, 2.45) is 0 Å². The highest BCUT2D eigenvalue weighted by Crippen LogP contribution is 2.22. The Hall–Kier alpha value is -2.56. The van der Waals surface area contributed by atoms with Gasteiger partial charge in [-0.2, -0.15) is 0 Å². The summed E-state index contributed by atoms with van der Waals surface area (Å²) >= 11 is 0. The summed E-state index contributed by atoms with van der Waals surface area (Å²) in [5.74, 6) is 0.0442. The molecule has 1 amide bonds. The maximum absolute atomic E-state index is 12.1. The highest BCUT2D eigenvalue weighted by Gasteiger charge is 2.10. The van der Waals surface area contributed by atoms with Crippen molar-refractivity contribution in [3.05, 3.63) is 42.0 Å². The second-order valence-corrected chi connectivity index (χ2v) is 5.90. The SMILES string of the molecule is COc1ccc2cc(CN(C)C(=O)CCCCC(=O)O)ccc2c1. The maximum Gasteiger partial charge on any atom is 0.303 e. The van der Waals surface area contributed by atoms with E-state index in [0.29, 0.717) is 25.8 Å². The molecule has 0 aliphatic rings. The monoisotopic (exact) mass is 329 g/mol. The maximum atomic E-state index is 12.1. The van der Waals surface area contributed by atoms with Crippen molar-refractivity contribution < 1.29 is 19.4 Å². The van der Waals surface area contributed by atoms with Gasteiger partial charge in [0.25, 0.3) is 0 Å². The van der Waals surface area contributed by atoms with Crippen LogP contribution in [0.2, 0.25) is 0 Å². The van der Waals surface area contributed by atoms with E-state index in [2.05, 4.69) is 6.07 Å². The summed E-state index contributed by atoms with van der Waals surface area (Å²) < 4.78 is 5.22. The molecule has 0 atom stereocenters. The zero-order chi connectivity index (χ0) is 17.5. The molecule has 0 saturated heterocycles. The van der Waals surface area contributed by atoms with Crippen LogP contribution in [0.3, 0.4) is 0 Å². The van der Waals surface area contributed by atoms with Crippen molar-refractivity contribution in [1.82, 2.24) is 4.90 Å². The molecule has 2 rings (SSSR count). The molecule has 0 unspecified atom stereocenters. The Balaban J connectivity index is 1.93. The molecule has 0 heterocycles. The summed E-state index contributed by atoms with van der Waals surface area (Å²) in [7, 11) is 3.42. The first-order valence-corrected chi connectivity index (χ1v) is 8.02. The van der Waals surface area contributed by atoms with Gasteiger partial charge in [-0.05, 0) is 47.4 Å². The number of ether oxygens (including phenoxy) is 1. The topological polar surface area (TPSA) is 66.8 Å². The van der Waals surface area contributed by atoms with Crippen molar-refractivity contribution in [3.63, 3.8) is 0 Å². The number of aliphatic carboxylic acids is 1. The first-order chi connectivity index (χ1) is 11.5. The van der Waals surface area contributed by atoms with Gasteiger partial charge in [0.05, 0.1) is 7.11 Å². The van der Waals surface area contributed by atoms with Gasteiger partial charge in [-0.15, -0.1) is 0 Å². The molecule has 0 fully saturated rings. The molecule has 0 aliphatic heterocycles. The second kappa shape index (κ2) is 8.34. The van der Waals surface area contributed by atoms with Crippen LogP contribution >= 0.6 is 0 Å². The zero-order valence-electron chi connectivity index (χ0n) is 14.1. The molecule has 24 heavy (non-hydrogen) atoms. The number of hydrogen-bond acceptors (Lipinski definition) is 3. The first kappa shape index (κ1) is 17.8. The zero-order valence-corrected chi connectivity index (χ0v) is 14.1. The lowest BCUT2D eigenvalue weighted by Gasteiger charge is -2.17. The van der Waals surface area contributed by atoms with Crippen molar-refractivity contribution in [1.29, 1.82) is 0 Å². The van der Waals surface area contributed by atoms with E-state index in [1.54, 1.807) is 19.1 Å². The number of benzene rings is 2. The van der Waals surface area contributed by atoms with Gasteiger partial charge in [0.1, 0.15) is 5.75 Å². The van der Waals surface area contributed by atoms with Gasteiger partial charge in [-0.1, -0.05) is 18.2 Å². The van der Waals surface area contributed by atoms with Gasteiger partial charge in [0.2, 0.25) is 5.91 Å². The average Bonchev–Trinajstić information content (AvgIpc) is 2.57. The summed E-state index contributed by atoms with van der Waals surface area (Å²) in [5.41, 5.74) is 1.06. The quantitative estimate of drug-likeness (QED) is 0.753. The molecule has 2 aromatic rings. The van der Waals surface area contributed by atoms with Crippen molar-refractivity contribution in [3.8, 4) is 5.75 Å². The fraction of sp³-hybridized carbons (Fsp3) is 0.368. The number of carboxylic acids is 1. The highest BCUT2D eigenvalue weighted by atomic mass is 16.5. The molecule has 0 radical (unpaired) electrons. The van der Waals surface area contributed by atoms with Gasteiger partial charge >= 0.3 is 5.97 Å². The van der Waals surface area contributed by atoms with Crippen LogP contribution in [0, 0.1) is 0 Å². The van der Waals surface area contributed by atoms with Gasteiger partial charge in [0.15, 0.2) is 0 Å². The van der Waals surface area contributed by atoms with Crippen LogP contribution in [0.4, 0.5) is 0 Å². The predicted molar refractivity (Wildman–Crippen MR) is 93.1 cm³/mol. The Morgan fingerprint density at radius 2 is 1.71 bits per heavy atom. The summed E-state index contributed by atoms with van der Waals surface area (Å²) in [4.78, 5) is 24.3. The minimum Gasteiger partial charge on any atom is -0.497 e. The van der Waals surface area contributed by atoms with Crippen molar-refractivity contribution in [2.45, 2.75) is 32.2 Å². The molecular formula is C19H23NO4.